The van der Waals surface area contributed by atoms with Crippen LogP contribution in [0.2, 0.25) is 5.02 Å². The van der Waals surface area contributed by atoms with Gasteiger partial charge in [-0.05, 0) is 40.2 Å². The topological polar surface area (TPSA) is 39.4 Å². The number of rotatable bonds is 3. The quantitative estimate of drug-likeness (QED) is 0.793. The van der Waals surface area contributed by atoms with Gasteiger partial charge >= 0.3 is 0 Å². The van der Waals surface area contributed by atoms with Gasteiger partial charge in [0.25, 0.3) is 5.95 Å². The summed E-state index contributed by atoms with van der Waals surface area (Å²) < 4.78 is 11.2. The fourth-order valence-electron chi connectivity index (χ4n) is 1.12. The Morgan fingerprint density at radius 3 is 2.75 bits per heavy atom. The van der Waals surface area contributed by atoms with Gasteiger partial charge in [0.15, 0.2) is 12.0 Å². The first kappa shape index (κ1) is 11.2. The van der Waals surface area contributed by atoms with Crippen LogP contribution in [0.4, 0.5) is 0 Å². The monoisotopic (exact) mass is 300 g/mol. The van der Waals surface area contributed by atoms with E-state index in [1.807, 2.05) is 0 Å². The Kier molecular flexibility index (Phi) is 3.31. The van der Waals surface area contributed by atoms with E-state index in [1.165, 1.54) is 6.07 Å². The van der Waals surface area contributed by atoms with Crippen LogP contribution in [-0.2, 0) is 0 Å². The van der Waals surface area contributed by atoms with Gasteiger partial charge in [0, 0.05) is 11.1 Å². The van der Waals surface area contributed by atoms with Gasteiger partial charge in [-0.2, -0.15) is 0 Å². The number of furan rings is 1. The van der Waals surface area contributed by atoms with Crippen LogP contribution < -0.4 is 4.74 Å². The van der Waals surface area contributed by atoms with Gasteiger partial charge in [-0.1, -0.05) is 11.6 Å². The lowest BCUT2D eigenvalue weighted by molar-refractivity contribution is 0.109. The number of ether oxygens (including phenoxy) is 1. The minimum Gasteiger partial charge on any atom is -0.425 e. The van der Waals surface area contributed by atoms with Crippen LogP contribution in [0, 0.1) is 0 Å². The van der Waals surface area contributed by atoms with Gasteiger partial charge in [0.05, 0.1) is 4.47 Å². The van der Waals surface area contributed by atoms with Crippen LogP contribution in [0.5, 0.6) is 11.7 Å². The fourth-order valence-corrected chi connectivity index (χ4v) is 1.88. The zero-order valence-electron chi connectivity index (χ0n) is 7.94. The predicted molar refractivity (Wildman–Crippen MR) is 63.3 cm³/mol. The number of hydrogen-bond donors (Lipinski definition) is 0. The average Bonchev–Trinajstić information content (AvgIpc) is 2.70. The van der Waals surface area contributed by atoms with E-state index in [2.05, 4.69) is 15.9 Å². The number of halogens is 2. The van der Waals surface area contributed by atoms with Crippen molar-refractivity contribution in [1.29, 1.82) is 0 Å². The molecular weight excluding hydrogens is 295 g/mol. The maximum Gasteiger partial charge on any atom is 0.290 e. The van der Waals surface area contributed by atoms with Gasteiger partial charge in [0.2, 0.25) is 0 Å². The predicted octanol–water partition coefficient (Wildman–Crippen LogP) is 4.30. The van der Waals surface area contributed by atoms with E-state index in [9.17, 15) is 4.79 Å². The van der Waals surface area contributed by atoms with Gasteiger partial charge in [-0.15, -0.1) is 0 Å². The van der Waals surface area contributed by atoms with E-state index in [0.29, 0.717) is 21.5 Å². The second-order valence-corrected chi connectivity index (χ2v) is 4.24. The summed E-state index contributed by atoms with van der Waals surface area (Å²) in [6.07, 6.45) is 0.615. The highest BCUT2D eigenvalue weighted by molar-refractivity contribution is 9.10. The number of carbonyl (C=O) groups is 1. The van der Waals surface area contributed by atoms with Gasteiger partial charge in [0.1, 0.15) is 5.75 Å². The summed E-state index contributed by atoms with van der Waals surface area (Å²) in [4.78, 5) is 10.4. The smallest absolute Gasteiger partial charge is 0.290 e. The van der Waals surface area contributed by atoms with Gasteiger partial charge < -0.3 is 9.15 Å². The minimum atomic E-state index is 0.222. The molecule has 0 fully saturated rings. The molecule has 0 spiro atoms. The Balaban J connectivity index is 2.23. The molecular formula is C11H6BrClO3. The first-order valence-electron chi connectivity index (χ1n) is 4.37. The van der Waals surface area contributed by atoms with E-state index in [1.54, 1.807) is 24.3 Å². The third kappa shape index (κ3) is 2.46. The van der Waals surface area contributed by atoms with Crippen LogP contribution in [0.3, 0.4) is 0 Å². The Morgan fingerprint density at radius 1 is 1.31 bits per heavy atom. The van der Waals surface area contributed by atoms with E-state index < -0.39 is 0 Å². The van der Waals surface area contributed by atoms with Crippen molar-refractivity contribution < 1.29 is 13.9 Å². The number of aldehydes is 1. The molecule has 0 aliphatic carbocycles. The van der Waals surface area contributed by atoms with Gasteiger partial charge in [-0.25, -0.2) is 0 Å². The van der Waals surface area contributed by atoms with Crippen molar-refractivity contribution in [3.05, 3.63) is 45.6 Å². The third-order valence-electron chi connectivity index (χ3n) is 1.82. The molecule has 16 heavy (non-hydrogen) atoms. The zero-order chi connectivity index (χ0) is 11.5. The minimum absolute atomic E-state index is 0.222. The lowest BCUT2D eigenvalue weighted by atomic mass is 10.3. The van der Waals surface area contributed by atoms with Crippen molar-refractivity contribution >= 4 is 33.8 Å². The third-order valence-corrected chi connectivity index (χ3v) is 2.68. The van der Waals surface area contributed by atoms with Crippen molar-refractivity contribution in [3.8, 4) is 11.7 Å². The maximum absolute atomic E-state index is 10.4. The summed E-state index contributed by atoms with van der Waals surface area (Å²) in [7, 11) is 0. The first-order valence-corrected chi connectivity index (χ1v) is 5.54. The second kappa shape index (κ2) is 4.72. The summed E-state index contributed by atoms with van der Waals surface area (Å²) in [5, 5.41) is 0.604. The molecule has 2 rings (SSSR count). The standard InChI is InChI=1S/C11H6BrClO3/c12-9-5-7(13)1-3-10(9)16-11-4-2-8(6-14)15-11/h1-6H. The molecule has 0 atom stereocenters. The Bertz CT molecular complexity index is 522. The molecule has 0 aliphatic heterocycles. The van der Waals surface area contributed by atoms with Crippen molar-refractivity contribution in [2.24, 2.45) is 0 Å². The summed E-state index contributed by atoms with van der Waals surface area (Å²) in [6.45, 7) is 0. The molecule has 5 heteroatoms. The Labute approximate surface area is 105 Å². The zero-order valence-corrected chi connectivity index (χ0v) is 10.3. The largest absolute Gasteiger partial charge is 0.425 e. The highest BCUT2D eigenvalue weighted by Crippen LogP contribution is 2.32. The summed E-state index contributed by atoms with van der Waals surface area (Å²) in [5.41, 5.74) is 0. The highest BCUT2D eigenvalue weighted by Gasteiger charge is 2.06. The van der Waals surface area contributed by atoms with Crippen molar-refractivity contribution in [3.63, 3.8) is 0 Å². The van der Waals surface area contributed by atoms with Crippen molar-refractivity contribution in [2.45, 2.75) is 0 Å². The van der Waals surface area contributed by atoms with Gasteiger partial charge in [-0.3, -0.25) is 4.79 Å². The van der Waals surface area contributed by atoms with Crippen LogP contribution >= 0.6 is 27.5 Å². The molecule has 0 aliphatic rings. The molecule has 1 heterocycles. The molecule has 2 aromatic rings. The molecule has 3 nitrogen and oxygen atoms in total. The SMILES string of the molecule is O=Cc1ccc(Oc2ccc(Cl)cc2Br)o1. The van der Waals surface area contributed by atoms with Crippen molar-refractivity contribution in [1.82, 2.24) is 0 Å². The molecule has 0 N–H and O–H groups in total. The maximum atomic E-state index is 10.4. The van der Waals surface area contributed by atoms with Crippen LogP contribution in [-0.4, -0.2) is 6.29 Å². The van der Waals surface area contributed by atoms with Crippen molar-refractivity contribution in [2.75, 3.05) is 0 Å². The second-order valence-electron chi connectivity index (χ2n) is 2.95. The van der Waals surface area contributed by atoms with E-state index in [0.717, 1.165) is 0 Å². The molecule has 0 bridgehead atoms. The molecule has 0 radical (unpaired) electrons. The van der Waals surface area contributed by atoms with E-state index in [4.69, 9.17) is 20.8 Å². The Hall–Kier alpha value is -1.26. The Morgan fingerprint density at radius 2 is 2.12 bits per heavy atom. The normalized spacial score (nSPS) is 10.1. The summed E-state index contributed by atoms with van der Waals surface area (Å²) >= 11 is 9.10. The lowest BCUT2D eigenvalue weighted by Crippen LogP contribution is -1.83. The summed E-state index contributed by atoms with van der Waals surface area (Å²) in [6, 6.07) is 8.22. The molecule has 0 amide bonds. The molecule has 1 aromatic carbocycles. The van der Waals surface area contributed by atoms with Crippen LogP contribution in [0.25, 0.3) is 0 Å². The van der Waals surface area contributed by atoms with E-state index >= 15 is 0 Å². The number of hydrogen-bond acceptors (Lipinski definition) is 3. The van der Waals surface area contributed by atoms with E-state index in [-0.39, 0.29) is 11.7 Å². The number of benzene rings is 1. The van der Waals surface area contributed by atoms with Crippen LogP contribution in [0.1, 0.15) is 10.6 Å². The molecule has 0 saturated heterocycles. The van der Waals surface area contributed by atoms with Crippen LogP contribution in [0.15, 0.2) is 39.2 Å². The average molecular weight is 302 g/mol. The molecule has 0 saturated carbocycles. The lowest BCUT2D eigenvalue weighted by Gasteiger charge is -2.04. The summed E-state index contributed by atoms with van der Waals surface area (Å²) in [5.74, 6) is 1.04. The molecule has 82 valence electrons. The molecule has 1 aromatic heterocycles. The first-order chi connectivity index (χ1) is 7.69. The molecule has 0 unspecified atom stereocenters. The fraction of sp³-hybridized carbons (Fsp3) is 0. The highest BCUT2D eigenvalue weighted by atomic mass is 79.9. The number of carbonyl (C=O) groups excluding carboxylic acids is 1.